The van der Waals surface area contributed by atoms with E-state index in [1.54, 1.807) is 6.07 Å². The van der Waals surface area contributed by atoms with Crippen LogP contribution in [0.25, 0.3) is 0 Å². The summed E-state index contributed by atoms with van der Waals surface area (Å²) < 4.78 is 0. The van der Waals surface area contributed by atoms with Crippen LogP contribution >= 0.6 is 23.2 Å². The Morgan fingerprint density at radius 3 is 2.59 bits per heavy atom. The van der Waals surface area contributed by atoms with E-state index in [1.165, 1.54) is 0 Å². The van der Waals surface area contributed by atoms with Gasteiger partial charge in [-0.3, -0.25) is 4.79 Å². The molecule has 0 saturated heterocycles. The van der Waals surface area contributed by atoms with Gasteiger partial charge in [-0.1, -0.05) is 44.0 Å². The standard InChI is InChI=1S/C13H15Cl2NO/c1-4-13(2,3)10-8-5-7(14)6-9(15)11(8)16-12(10)17/h5-6,10H,4H2,1-3H3,(H,16,17). The van der Waals surface area contributed by atoms with Crippen molar-refractivity contribution in [2.45, 2.75) is 33.1 Å². The van der Waals surface area contributed by atoms with Crippen LogP contribution in [0, 0.1) is 5.41 Å². The molecule has 0 aromatic heterocycles. The van der Waals surface area contributed by atoms with E-state index in [9.17, 15) is 4.79 Å². The smallest absolute Gasteiger partial charge is 0.232 e. The average molecular weight is 272 g/mol. The van der Waals surface area contributed by atoms with Crippen LogP contribution in [0.5, 0.6) is 0 Å². The largest absolute Gasteiger partial charge is 0.324 e. The summed E-state index contributed by atoms with van der Waals surface area (Å²) in [7, 11) is 0. The molecule has 1 heterocycles. The third kappa shape index (κ3) is 2.04. The minimum Gasteiger partial charge on any atom is -0.324 e. The molecule has 1 unspecified atom stereocenters. The Morgan fingerprint density at radius 2 is 2.00 bits per heavy atom. The van der Waals surface area contributed by atoms with Gasteiger partial charge in [0.05, 0.1) is 16.6 Å². The Labute approximate surface area is 111 Å². The molecule has 1 atom stereocenters. The molecular weight excluding hydrogens is 257 g/mol. The maximum Gasteiger partial charge on any atom is 0.232 e. The molecule has 1 amide bonds. The summed E-state index contributed by atoms with van der Waals surface area (Å²) in [6.07, 6.45) is 0.911. The molecule has 1 aliphatic heterocycles. The fraction of sp³-hybridized carbons (Fsp3) is 0.462. The Morgan fingerprint density at radius 1 is 1.35 bits per heavy atom. The lowest BCUT2D eigenvalue weighted by Crippen LogP contribution is -2.27. The molecule has 0 bridgehead atoms. The molecular formula is C13H15Cl2NO. The summed E-state index contributed by atoms with van der Waals surface area (Å²) in [5.41, 5.74) is 1.52. The average Bonchev–Trinajstić information content (AvgIpc) is 2.55. The maximum absolute atomic E-state index is 12.1. The first-order valence-electron chi connectivity index (χ1n) is 5.66. The number of benzene rings is 1. The Bertz CT molecular complexity index is 483. The number of carbonyl (C=O) groups is 1. The molecule has 0 aliphatic carbocycles. The second-order valence-electron chi connectivity index (χ2n) is 5.12. The second-order valence-corrected chi connectivity index (χ2v) is 5.96. The van der Waals surface area contributed by atoms with Crippen molar-refractivity contribution in [3.63, 3.8) is 0 Å². The van der Waals surface area contributed by atoms with Crippen LogP contribution in [0.15, 0.2) is 12.1 Å². The summed E-state index contributed by atoms with van der Waals surface area (Å²) in [5.74, 6) is -0.172. The summed E-state index contributed by atoms with van der Waals surface area (Å²) in [6, 6.07) is 3.49. The summed E-state index contributed by atoms with van der Waals surface area (Å²) in [6.45, 7) is 6.25. The minimum atomic E-state index is -0.182. The third-order valence-corrected chi connectivity index (χ3v) is 4.12. The molecule has 92 valence electrons. The fourth-order valence-corrected chi connectivity index (χ4v) is 2.83. The fourth-order valence-electron chi connectivity index (χ4n) is 2.27. The van der Waals surface area contributed by atoms with Crippen LogP contribution in [0.3, 0.4) is 0 Å². The molecule has 2 nitrogen and oxygen atoms in total. The maximum atomic E-state index is 12.1. The van der Waals surface area contributed by atoms with Crippen molar-refractivity contribution in [2.75, 3.05) is 5.32 Å². The van der Waals surface area contributed by atoms with Gasteiger partial charge in [0.15, 0.2) is 0 Å². The van der Waals surface area contributed by atoms with E-state index < -0.39 is 0 Å². The number of hydrogen-bond acceptors (Lipinski definition) is 1. The van der Waals surface area contributed by atoms with Gasteiger partial charge in [0.25, 0.3) is 0 Å². The number of carbonyl (C=O) groups excluding carboxylic acids is 1. The van der Waals surface area contributed by atoms with Gasteiger partial charge in [0.1, 0.15) is 0 Å². The summed E-state index contributed by atoms with van der Waals surface area (Å²) >= 11 is 12.1. The molecule has 0 saturated carbocycles. The van der Waals surface area contributed by atoms with E-state index in [2.05, 4.69) is 26.1 Å². The number of halogens is 2. The van der Waals surface area contributed by atoms with E-state index >= 15 is 0 Å². The van der Waals surface area contributed by atoms with E-state index in [1.807, 2.05) is 6.07 Å². The number of amides is 1. The Balaban J connectivity index is 2.58. The van der Waals surface area contributed by atoms with E-state index in [0.29, 0.717) is 15.7 Å². The Kier molecular flexibility index (Phi) is 3.13. The van der Waals surface area contributed by atoms with Gasteiger partial charge in [-0.25, -0.2) is 0 Å². The number of fused-ring (bicyclic) bond motifs is 1. The quantitative estimate of drug-likeness (QED) is 0.845. The first-order chi connectivity index (χ1) is 7.86. The van der Waals surface area contributed by atoms with Crippen LogP contribution in [0.4, 0.5) is 5.69 Å². The predicted molar refractivity (Wildman–Crippen MR) is 71.9 cm³/mol. The zero-order chi connectivity index (χ0) is 12.8. The highest BCUT2D eigenvalue weighted by Crippen LogP contribution is 2.48. The number of anilines is 1. The van der Waals surface area contributed by atoms with Crippen molar-refractivity contribution in [2.24, 2.45) is 5.41 Å². The lowest BCUT2D eigenvalue weighted by molar-refractivity contribution is -0.119. The van der Waals surface area contributed by atoms with Crippen LogP contribution in [-0.4, -0.2) is 5.91 Å². The first kappa shape index (κ1) is 12.7. The van der Waals surface area contributed by atoms with Crippen molar-refractivity contribution in [1.82, 2.24) is 0 Å². The second kappa shape index (κ2) is 4.18. The molecule has 0 radical (unpaired) electrons. The molecule has 1 N–H and O–H groups in total. The normalized spacial score (nSPS) is 19.1. The van der Waals surface area contributed by atoms with Crippen LogP contribution in [0.1, 0.15) is 38.7 Å². The number of hydrogen-bond donors (Lipinski definition) is 1. The SMILES string of the molecule is CCC(C)(C)C1C(=O)Nc2c(Cl)cc(Cl)cc21. The van der Waals surface area contributed by atoms with Gasteiger partial charge < -0.3 is 5.32 Å². The van der Waals surface area contributed by atoms with E-state index in [4.69, 9.17) is 23.2 Å². The Hall–Kier alpha value is -0.730. The first-order valence-corrected chi connectivity index (χ1v) is 6.42. The lowest BCUT2D eigenvalue weighted by Gasteiger charge is -2.28. The molecule has 1 aliphatic rings. The highest BCUT2D eigenvalue weighted by Gasteiger charge is 2.41. The van der Waals surface area contributed by atoms with Gasteiger partial charge in [-0.15, -0.1) is 0 Å². The summed E-state index contributed by atoms with van der Waals surface area (Å²) in [4.78, 5) is 12.1. The van der Waals surface area contributed by atoms with Crippen LogP contribution in [-0.2, 0) is 4.79 Å². The molecule has 2 rings (SSSR count). The number of rotatable bonds is 2. The molecule has 4 heteroatoms. The lowest BCUT2D eigenvalue weighted by atomic mass is 9.74. The van der Waals surface area contributed by atoms with Gasteiger partial charge in [-0.2, -0.15) is 0 Å². The van der Waals surface area contributed by atoms with Crippen molar-refractivity contribution in [3.05, 3.63) is 27.7 Å². The summed E-state index contributed by atoms with van der Waals surface area (Å²) in [5, 5.41) is 3.93. The van der Waals surface area contributed by atoms with Gasteiger partial charge in [0, 0.05) is 5.02 Å². The molecule has 0 fully saturated rings. The van der Waals surface area contributed by atoms with Crippen molar-refractivity contribution in [3.8, 4) is 0 Å². The zero-order valence-corrected chi connectivity index (χ0v) is 11.6. The highest BCUT2D eigenvalue weighted by atomic mass is 35.5. The monoisotopic (exact) mass is 271 g/mol. The van der Waals surface area contributed by atoms with Crippen molar-refractivity contribution < 1.29 is 4.79 Å². The third-order valence-electron chi connectivity index (χ3n) is 3.60. The van der Waals surface area contributed by atoms with Gasteiger partial charge in [-0.05, 0) is 29.5 Å². The highest BCUT2D eigenvalue weighted by molar-refractivity contribution is 6.37. The molecule has 0 spiro atoms. The van der Waals surface area contributed by atoms with E-state index in [0.717, 1.165) is 12.0 Å². The molecule has 17 heavy (non-hydrogen) atoms. The number of nitrogens with one attached hydrogen (secondary N) is 1. The van der Waals surface area contributed by atoms with Crippen LogP contribution < -0.4 is 5.32 Å². The van der Waals surface area contributed by atoms with Crippen LogP contribution in [0.2, 0.25) is 10.0 Å². The topological polar surface area (TPSA) is 29.1 Å². The van der Waals surface area contributed by atoms with Crippen molar-refractivity contribution in [1.29, 1.82) is 0 Å². The predicted octanol–water partition coefficient (Wildman–Crippen LogP) is 4.47. The van der Waals surface area contributed by atoms with Gasteiger partial charge in [0.2, 0.25) is 5.91 Å². The zero-order valence-electron chi connectivity index (χ0n) is 10.1. The molecule has 1 aromatic carbocycles. The van der Waals surface area contributed by atoms with Crippen molar-refractivity contribution >= 4 is 34.8 Å². The van der Waals surface area contributed by atoms with Gasteiger partial charge >= 0.3 is 0 Å². The van der Waals surface area contributed by atoms with E-state index in [-0.39, 0.29) is 17.2 Å². The minimum absolute atomic E-state index is 0.0102. The molecule has 1 aromatic rings.